The zero-order chi connectivity index (χ0) is 16.2. The lowest BCUT2D eigenvalue weighted by Crippen LogP contribution is -2.23. The third-order valence-electron chi connectivity index (χ3n) is 2.98. The first-order chi connectivity index (χ1) is 11.1. The summed E-state index contributed by atoms with van der Waals surface area (Å²) in [4.78, 5) is 19.1. The Hall–Kier alpha value is -3.36. The third-order valence-corrected chi connectivity index (χ3v) is 2.98. The third kappa shape index (κ3) is 3.12. The van der Waals surface area contributed by atoms with Crippen LogP contribution in [0.1, 0.15) is 6.92 Å². The molecule has 0 saturated heterocycles. The summed E-state index contributed by atoms with van der Waals surface area (Å²) in [6.07, 6.45) is 6.70. The second-order valence-corrected chi connectivity index (χ2v) is 4.57. The van der Waals surface area contributed by atoms with Gasteiger partial charge in [-0.05, 0) is 13.0 Å². The predicted molar refractivity (Wildman–Crippen MR) is 77.9 cm³/mol. The van der Waals surface area contributed by atoms with Crippen LogP contribution in [0, 0.1) is 0 Å². The Bertz CT molecular complexity index is 749. The molecule has 0 bridgehead atoms. The van der Waals surface area contributed by atoms with Crippen LogP contribution in [0.5, 0.6) is 5.88 Å². The summed E-state index contributed by atoms with van der Waals surface area (Å²) in [5.41, 5.74) is 1.36. The second kappa shape index (κ2) is 6.18. The van der Waals surface area contributed by atoms with E-state index in [1.54, 1.807) is 30.7 Å². The lowest BCUT2D eigenvalue weighted by Gasteiger charge is -2.06. The number of hydrogen-bond acceptors (Lipinski definition) is 7. The van der Waals surface area contributed by atoms with Crippen molar-refractivity contribution in [2.45, 2.75) is 13.0 Å². The Kier molecular flexibility index (Phi) is 3.91. The average molecular weight is 312 g/mol. The van der Waals surface area contributed by atoms with E-state index in [1.165, 1.54) is 24.0 Å². The summed E-state index contributed by atoms with van der Waals surface area (Å²) in [6, 6.07) is 3.37. The van der Waals surface area contributed by atoms with Crippen molar-refractivity contribution in [1.29, 1.82) is 0 Å². The predicted octanol–water partition coefficient (Wildman–Crippen LogP) is 0.971. The summed E-state index contributed by atoms with van der Waals surface area (Å²) in [5, 5.41) is 20.8. The van der Waals surface area contributed by atoms with Crippen molar-refractivity contribution in [1.82, 2.24) is 29.9 Å². The standard InChI is InChI=1S/C14H12N6O3/c1-9(14(21)22)23-13-6-11(10-2-3-17-18-7-10)20(19-13)12-8-15-4-5-16-12/h2-9H,1H3,(H,21,22). The van der Waals surface area contributed by atoms with Gasteiger partial charge in [-0.25, -0.2) is 14.5 Å². The topological polar surface area (TPSA) is 116 Å². The number of nitrogens with zero attached hydrogens (tertiary/aromatic N) is 6. The lowest BCUT2D eigenvalue weighted by atomic mass is 10.2. The van der Waals surface area contributed by atoms with E-state index in [1.807, 2.05) is 0 Å². The van der Waals surface area contributed by atoms with Gasteiger partial charge < -0.3 is 9.84 Å². The van der Waals surface area contributed by atoms with E-state index in [9.17, 15) is 4.79 Å². The summed E-state index contributed by atoms with van der Waals surface area (Å²) < 4.78 is 6.83. The van der Waals surface area contributed by atoms with E-state index in [-0.39, 0.29) is 5.88 Å². The number of aromatic nitrogens is 6. The molecule has 3 rings (SSSR count). The lowest BCUT2D eigenvalue weighted by molar-refractivity contribution is -0.144. The van der Waals surface area contributed by atoms with E-state index in [0.29, 0.717) is 11.5 Å². The van der Waals surface area contributed by atoms with Crippen LogP contribution in [0.15, 0.2) is 43.1 Å². The molecule has 1 unspecified atom stereocenters. The van der Waals surface area contributed by atoms with E-state index in [2.05, 4.69) is 25.3 Å². The molecule has 0 aliphatic carbocycles. The van der Waals surface area contributed by atoms with E-state index in [0.717, 1.165) is 5.56 Å². The Morgan fingerprint density at radius 1 is 1.26 bits per heavy atom. The van der Waals surface area contributed by atoms with Crippen molar-refractivity contribution in [2.75, 3.05) is 0 Å². The average Bonchev–Trinajstić information content (AvgIpc) is 3.00. The van der Waals surface area contributed by atoms with Crippen LogP contribution in [0.2, 0.25) is 0 Å². The quantitative estimate of drug-likeness (QED) is 0.741. The molecular weight excluding hydrogens is 300 g/mol. The number of rotatable bonds is 5. The van der Waals surface area contributed by atoms with Crippen LogP contribution in [0.4, 0.5) is 0 Å². The molecule has 1 atom stereocenters. The number of carbonyl (C=O) groups is 1. The highest BCUT2D eigenvalue weighted by Gasteiger charge is 2.18. The Morgan fingerprint density at radius 2 is 2.13 bits per heavy atom. The van der Waals surface area contributed by atoms with E-state index in [4.69, 9.17) is 9.84 Å². The first-order valence-electron chi connectivity index (χ1n) is 6.68. The number of aliphatic carboxylic acids is 1. The molecule has 1 N–H and O–H groups in total. The minimum Gasteiger partial charge on any atom is -0.479 e. The van der Waals surface area contributed by atoms with Gasteiger partial charge in [0.2, 0.25) is 5.88 Å². The number of ether oxygens (including phenoxy) is 1. The van der Waals surface area contributed by atoms with Crippen molar-refractivity contribution in [2.24, 2.45) is 0 Å². The minimum atomic E-state index is -1.08. The molecule has 3 aromatic rings. The van der Waals surface area contributed by atoms with Gasteiger partial charge in [0, 0.05) is 24.0 Å². The SMILES string of the molecule is CC(Oc1cc(-c2ccnnc2)n(-c2cnccn2)n1)C(=O)O. The Balaban J connectivity index is 2.06. The van der Waals surface area contributed by atoms with Gasteiger partial charge in [-0.1, -0.05) is 0 Å². The zero-order valence-electron chi connectivity index (χ0n) is 12.1. The van der Waals surface area contributed by atoms with Crippen molar-refractivity contribution in [3.63, 3.8) is 0 Å². The van der Waals surface area contributed by atoms with Crippen molar-refractivity contribution in [3.05, 3.63) is 43.1 Å². The van der Waals surface area contributed by atoms with Crippen LogP contribution < -0.4 is 4.74 Å². The van der Waals surface area contributed by atoms with Gasteiger partial charge in [-0.3, -0.25) is 4.98 Å². The molecule has 116 valence electrons. The summed E-state index contributed by atoms with van der Waals surface area (Å²) in [5.74, 6) is -0.444. The van der Waals surface area contributed by atoms with Gasteiger partial charge in [0.25, 0.3) is 0 Å². The van der Waals surface area contributed by atoms with Crippen LogP contribution in [-0.4, -0.2) is 47.1 Å². The highest BCUT2D eigenvalue weighted by atomic mass is 16.5. The van der Waals surface area contributed by atoms with Gasteiger partial charge in [0.1, 0.15) is 0 Å². The Labute approximate surface area is 130 Å². The first-order valence-corrected chi connectivity index (χ1v) is 6.68. The molecule has 3 aromatic heterocycles. The highest BCUT2D eigenvalue weighted by molar-refractivity contribution is 5.72. The molecule has 0 aliphatic rings. The van der Waals surface area contributed by atoms with E-state index >= 15 is 0 Å². The van der Waals surface area contributed by atoms with Crippen LogP contribution in [0.3, 0.4) is 0 Å². The summed E-state index contributed by atoms with van der Waals surface area (Å²) in [7, 11) is 0. The zero-order valence-corrected chi connectivity index (χ0v) is 12.1. The number of hydrogen-bond donors (Lipinski definition) is 1. The van der Waals surface area contributed by atoms with Gasteiger partial charge in [-0.2, -0.15) is 10.2 Å². The maximum atomic E-state index is 10.9. The largest absolute Gasteiger partial charge is 0.479 e. The van der Waals surface area contributed by atoms with Crippen LogP contribution in [0.25, 0.3) is 17.1 Å². The van der Waals surface area contributed by atoms with Crippen molar-refractivity contribution >= 4 is 5.97 Å². The van der Waals surface area contributed by atoms with Gasteiger partial charge in [0.15, 0.2) is 11.9 Å². The molecule has 0 spiro atoms. The Morgan fingerprint density at radius 3 is 2.78 bits per heavy atom. The van der Waals surface area contributed by atoms with Gasteiger partial charge in [0.05, 0.1) is 24.3 Å². The molecular formula is C14H12N6O3. The molecule has 0 fully saturated rings. The fourth-order valence-corrected chi connectivity index (χ4v) is 1.87. The molecule has 0 aliphatic heterocycles. The molecule has 23 heavy (non-hydrogen) atoms. The highest BCUT2D eigenvalue weighted by Crippen LogP contribution is 2.25. The van der Waals surface area contributed by atoms with Crippen LogP contribution in [-0.2, 0) is 4.79 Å². The molecule has 9 nitrogen and oxygen atoms in total. The molecule has 9 heteroatoms. The number of carboxylic acid groups (broad SMARTS) is 1. The fraction of sp³-hybridized carbons (Fsp3) is 0.143. The van der Waals surface area contributed by atoms with Gasteiger partial charge >= 0.3 is 5.97 Å². The van der Waals surface area contributed by atoms with Crippen molar-refractivity contribution in [3.8, 4) is 23.0 Å². The first kappa shape index (κ1) is 14.6. The normalized spacial score (nSPS) is 11.9. The minimum absolute atomic E-state index is 0.164. The maximum Gasteiger partial charge on any atom is 0.344 e. The van der Waals surface area contributed by atoms with Crippen molar-refractivity contribution < 1.29 is 14.6 Å². The summed E-state index contributed by atoms with van der Waals surface area (Å²) in [6.45, 7) is 1.43. The maximum absolute atomic E-state index is 10.9. The smallest absolute Gasteiger partial charge is 0.344 e. The summed E-state index contributed by atoms with van der Waals surface area (Å²) >= 11 is 0. The van der Waals surface area contributed by atoms with Crippen LogP contribution >= 0.6 is 0 Å². The second-order valence-electron chi connectivity index (χ2n) is 4.57. The monoisotopic (exact) mass is 312 g/mol. The molecule has 0 radical (unpaired) electrons. The molecule has 0 amide bonds. The molecule has 0 aromatic carbocycles. The number of carboxylic acids is 1. The molecule has 3 heterocycles. The van der Waals surface area contributed by atoms with Gasteiger partial charge in [-0.15, -0.1) is 5.10 Å². The molecule has 0 saturated carbocycles. The van der Waals surface area contributed by atoms with E-state index < -0.39 is 12.1 Å². The fourth-order valence-electron chi connectivity index (χ4n) is 1.87.